The van der Waals surface area contributed by atoms with Crippen LogP contribution in [-0.4, -0.2) is 33.2 Å². The summed E-state index contributed by atoms with van der Waals surface area (Å²) in [5, 5.41) is 14.0. The number of carbonyl (C=O) groups excluding carboxylic acids is 1. The Kier molecular flexibility index (Phi) is 4.24. The van der Waals surface area contributed by atoms with E-state index in [-0.39, 0.29) is 5.91 Å². The van der Waals surface area contributed by atoms with Gasteiger partial charge in [-0.1, -0.05) is 17.7 Å². The minimum atomic E-state index is -0.205. The van der Waals surface area contributed by atoms with Gasteiger partial charge in [0.15, 0.2) is 0 Å². The highest BCUT2D eigenvalue weighted by Crippen LogP contribution is 2.24. The molecule has 3 aromatic rings. The SMILES string of the molecule is COc1cc(C(=O)Nc2ccc(C)cc2C)ccc1-n1cnnn1. The summed E-state index contributed by atoms with van der Waals surface area (Å²) in [5.41, 5.74) is 4.10. The van der Waals surface area contributed by atoms with Gasteiger partial charge in [0.2, 0.25) is 0 Å². The number of tetrazole rings is 1. The van der Waals surface area contributed by atoms with Crippen LogP contribution in [0.15, 0.2) is 42.7 Å². The lowest BCUT2D eigenvalue weighted by Gasteiger charge is -2.12. The fourth-order valence-corrected chi connectivity index (χ4v) is 2.43. The molecule has 0 saturated heterocycles. The molecule has 2 aromatic carbocycles. The first-order chi connectivity index (χ1) is 11.6. The summed E-state index contributed by atoms with van der Waals surface area (Å²) < 4.78 is 6.83. The average Bonchev–Trinajstić information content (AvgIpc) is 3.11. The number of aromatic nitrogens is 4. The van der Waals surface area contributed by atoms with Gasteiger partial charge in [-0.05, 0) is 54.1 Å². The molecular formula is C17H17N5O2. The van der Waals surface area contributed by atoms with Crippen LogP contribution >= 0.6 is 0 Å². The van der Waals surface area contributed by atoms with Crippen molar-refractivity contribution in [2.45, 2.75) is 13.8 Å². The number of benzene rings is 2. The largest absolute Gasteiger partial charge is 0.494 e. The summed E-state index contributed by atoms with van der Waals surface area (Å²) in [4.78, 5) is 12.5. The number of amides is 1. The summed E-state index contributed by atoms with van der Waals surface area (Å²) >= 11 is 0. The zero-order valence-electron chi connectivity index (χ0n) is 13.6. The third-order valence-corrected chi connectivity index (χ3v) is 3.67. The molecule has 0 unspecified atom stereocenters. The quantitative estimate of drug-likeness (QED) is 0.798. The normalized spacial score (nSPS) is 10.5. The van der Waals surface area contributed by atoms with Crippen LogP contribution in [0.2, 0.25) is 0 Å². The van der Waals surface area contributed by atoms with Crippen molar-refractivity contribution < 1.29 is 9.53 Å². The van der Waals surface area contributed by atoms with E-state index in [9.17, 15) is 4.79 Å². The number of nitrogens with one attached hydrogen (secondary N) is 1. The number of hydrogen-bond acceptors (Lipinski definition) is 5. The van der Waals surface area contributed by atoms with Crippen molar-refractivity contribution in [3.63, 3.8) is 0 Å². The van der Waals surface area contributed by atoms with Gasteiger partial charge in [0.1, 0.15) is 17.8 Å². The molecule has 1 aromatic heterocycles. The second-order valence-electron chi connectivity index (χ2n) is 5.41. The molecular weight excluding hydrogens is 306 g/mol. The maximum Gasteiger partial charge on any atom is 0.255 e. The second kappa shape index (κ2) is 6.49. The number of anilines is 1. The Morgan fingerprint density at radius 3 is 2.67 bits per heavy atom. The van der Waals surface area contributed by atoms with Gasteiger partial charge in [-0.15, -0.1) is 5.10 Å². The smallest absolute Gasteiger partial charge is 0.255 e. The molecule has 1 amide bonds. The van der Waals surface area contributed by atoms with E-state index in [4.69, 9.17) is 4.74 Å². The first-order valence-electron chi connectivity index (χ1n) is 7.38. The van der Waals surface area contributed by atoms with Crippen LogP contribution < -0.4 is 10.1 Å². The van der Waals surface area contributed by atoms with Gasteiger partial charge in [-0.3, -0.25) is 4.79 Å². The Bertz CT molecular complexity index is 875. The van der Waals surface area contributed by atoms with Crippen LogP contribution in [0.3, 0.4) is 0 Å². The van der Waals surface area contributed by atoms with E-state index in [1.165, 1.54) is 18.1 Å². The van der Waals surface area contributed by atoms with Gasteiger partial charge in [0, 0.05) is 11.3 Å². The number of rotatable bonds is 4. The molecule has 24 heavy (non-hydrogen) atoms. The summed E-state index contributed by atoms with van der Waals surface area (Å²) in [6.07, 6.45) is 1.47. The highest BCUT2D eigenvalue weighted by molar-refractivity contribution is 6.05. The molecule has 122 valence electrons. The Balaban J connectivity index is 1.87. The lowest BCUT2D eigenvalue weighted by molar-refractivity contribution is 0.102. The van der Waals surface area contributed by atoms with Crippen molar-refractivity contribution in [2.24, 2.45) is 0 Å². The zero-order valence-corrected chi connectivity index (χ0v) is 13.6. The zero-order chi connectivity index (χ0) is 17.1. The van der Waals surface area contributed by atoms with Crippen LogP contribution in [0.25, 0.3) is 5.69 Å². The van der Waals surface area contributed by atoms with Crippen molar-refractivity contribution in [1.29, 1.82) is 0 Å². The molecule has 7 nitrogen and oxygen atoms in total. The number of hydrogen-bond donors (Lipinski definition) is 1. The Morgan fingerprint density at radius 2 is 2.00 bits per heavy atom. The first kappa shape index (κ1) is 15.7. The molecule has 0 aliphatic rings. The second-order valence-corrected chi connectivity index (χ2v) is 5.41. The molecule has 1 N–H and O–H groups in total. The van der Waals surface area contributed by atoms with Crippen LogP contribution in [-0.2, 0) is 0 Å². The van der Waals surface area contributed by atoms with Crippen molar-refractivity contribution in [3.05, 3.63) is 59.4 Å². The van der Waals surface area contributed by atoms with Gasteiger partial charge < -0.3 is 10.1 Å². The number of methoxy groups -OCH3 is 1. The Labute approximate surface area is 139 Å². The van der Waals surface area contributed by atoms with Crippen LogP contribution in [0.1, 0.15) is 21.5 Å². The molecule has 0 atom stereocenters. The minimum absolute atomic E-state index is 0.205. The molecule has 7 heteroatoms. The highest BCUT2D eigenvalue weighted by Gasteiger charge is 2.13. The van der Waals surface area contributed by atoms with Crippen molar-refractivity contribution in [1.82, 2.24) is 20.2 Å². The molecule has 0 radical (unpaired) electrons. The Morgan fingerprint density at radius 1 is 1.17 bits per heavy atom. The number of ether oxygens (including phenoxy) is 1. The molecule has 0 fully saturated rings. The van der Waals surface area contributed by atoms with Gasteiger partial charge in [0.05, 0.1) is 7.11 Å². The molecule has 1 heterocycles. The number of nitrogens with zero attached hydrogens (tertiary/aromatic N) is 4. The molecule has 0 bridgehead atoms. The summed E-state index contributed by atoms with van der Waals surface area (Å²) in [7, 11) is 1.54. The van der Waals surface area contributed by atoms with Crippen molar-refractivity contribution in [3.8, 4) is 11.4 Å². The fourth-order valence-electron chi connectivity index (χ4n) is 2.43. The summed E-state index contributed by atoms with van der Waals surface area (Å²) in [6, 6.07) is 11.0. The number of carbonyl (C=O) groups is 1. The maximum absolute atomic E-state index is 12.5. The summed E-state index contributed by atoms with van der Waals surface area (Å²) in [5.74, 6) is 0.305. The molecule has 0 aliphatic carbocycles. The van der Waals surface area contributed by atoms with Crippen LogP contribution in [0.5, 0.6) is 5.75 Å². The van der Waals surface area contributed by atoms with E-state index in [0.29, 0.717) is 17.0 Å². The monoisotopic (exact) mass is 323 g/mol. The topological polar surface area (TPSA) is 81.9 Å². The van der Waals surface area contributed by atoms with E-state index < -0.39 is 0 Å². The third-order valence-electron chi connectivity index (χ3n) is 3.67. The standard InChI is InChI=1S/C17H17N5O2/c1-11-4-6-14(12(2)8-11)19-17(23)13-5-7-15(16(9-13)24-3)22-10-18-20-21-22/h4-10H,1-3H3,(H,19,23). The van der Waals surface area contributed by atoms with Gasteiger partial charge in [0.25, 0.3) is 5.91 Å². The summed E-state index contributed by atoms with van der Waals surface area (Å²) in [6.45, 7) is 3.98. The van der Waals surface area contributed by atoms with Crippen LogP contribution in [0, 0.1) is 13.8 Å². The molecule has 0 saturated carbocycles. The van der Waals surface area contributed by atoms with Gasteiger partial charge in [-0.2, -0.15) is 4.68 Å². The Hall–Kier alpha value is -3.22. The first-order valence-corrected chi connectivity index (χ1v) is 7.38. The maximum atomic E-state index is 12.5. The third kappa shape index (κ3) is 3.10. The van der Waals surface area contributed by atoms with Gasteiger partial charge in [-0.25, -0.2) is 0 Å². The van der Waals surface area contributed by atoms with Crippen LogP contribution in [0.4, 0.5) is 5.69 Å². The lowest BCUT2D eigenvalue weighted by atomic mass is 10.1. The van der Waals surface area contributed by atoms with E-state index in [1.807, 2.05) is 32.0 Å². The van der Waals surface area contributed by atoms with E-state index in [2.05, 4.69) is 20.8 Å². The number of aryl methyl sites for hydroxylation is 2. The predicted molar refractivity (Wildman–Crippen MR) is 89.6 cm³/mol. The van der Waals surface area contributed by atoms with Crippen molar-refractivity contribution >= 4 is 11.6 Å². The van der Waals surface area contributed by atoms with E-state index in [0.717, 1.165) is 16.8 Å². The molecule has 0 spiro atoms. The van der Waals surface area contributed by atoms with E-state index in [1.54, 1.807) is 18.2 Å². The fraction of sp³-hybridized carbons (Fsp3) is 0.176. The lowest BCUT2D eigenvalue weighted by Crippen LogP contribution is -2.13. The predicted octanol–water partition coefficient (Wildman–Crippen LogP) is 2.54. The van der Waals surface area contributed by atoms with E-state index >= 15 is 0 Å². The van der Waals surface area contributed by atoms with Crippen molar-refractivity contribution in [2.75, 3.05) is 12.4 Å². The molecule has 3 rings (SSSR count). The average molecular weight is 323 g/mol. The van der Waals surface area contributed by atoms with Gasteiger partial charge >= 0.3 is 0 Å². The highest BCUT2D eigenvalue weighted by atomic mass is 16.5. The minimum Gasteiger partial charge on any atom is -0.494 e. The molecule has 0 aliphatic heterocycles.